The molecular formula is C6H8F2O2. The lowest BCUT2D eigenvalue weighted by Crippen LogP contribution is -2.04. The van der Waals surface area contributed by atoms with Crippen molar-refractivity contribution in [3.63, 3.8) is 0 Å². The van der Waals surface area contributed by atoms with Gasteiger partial charge in [0.05, 0.1) is 0 Å². The fourth-order valence-electron chi connectivity index (χ4n) is 1.23. The van der Waals surface area contributed by atoms with Gasteiger partial charge in [-0.2, -0.15) is 0 Å². The minimum Gasteiger partial charge on any atom is -0.481 e. The van der Waals surface area contributed by atoms with Gasteiger partial charge in [-0.3, -0.25) is 4.79 Å². The number of hydrogen-bond acceptors (Lipinski definition) is 1. The first-order valence-corrected chi connectivity index (χ1v) is 3.12. The predicted molar refractivity (Wildman–Crippen MR) is 29.9 cm³/mol. The number of carboxylic acids is 1. The van der Waals surface area contributed by atoms with Crippen molar-refractivity contribution >= 4 is 5.97 Å². The van der Waals surface area contributed by atoms with Crippen molar-refractivity contribution in [2.75, 3.05) is 0 Å². The number of hydrogen-bond donors (Lipinski definition) is 1. The molecule has 0 radical (unpaired) electrons. The molecule has 1 aliphatic carbocycles. The third-order valence-corrected chi connectivity index (χ3v) is 1.91. The Bertz CT molecular complexity index is 167. The Morgan fingerprint density at radius 2 is 2.20 bits per heavy atom. The van der Waals surface area contributed by atoms with Crippen molar-refractivity contribution in [2.24, 2.45) is 11.8 Å². The van der Waals surface area contributed by atoms with Crippen LogP contribution in [0.4, 0.5) is 8.78 Å². The van der Waals surface area contributed by atoms with Gasteiger partial charge in [-0.25, -0.2) is 8.78 Å². The summed E-state index contributed by atoms with van der Waals surface area (Å²) < 4.78 is 24.7. The average molecular weight is 150 g/mol. The molecule has 2 nitrogen and oxygen atoms in total. The molecule has 1 aliphatic rings. The van der Waals surface area contributed by atoms with Gasteiger partial charge in [0.2, 0.25) is 0 Å². The number of aliphatic carboxylic acids is 1. The third-order valence-electron chi connectivity index (χ3n) is 1.91. The van der Waals surface area contributed by atoms with Gasteiger partial charge in [0.15, 0.2) is 0 Å². The normalized spacial score (nSPS) is 35.5. The molecule has 0 amide bonds. The van der Waals surface area contributed by atoms with Gasteiger partial charge in [0, 0.05) is 5.92 Å². The summed E-state index contributed by atoms with van der Waals surface area (Å²) >= 11 is 0. The monoisotopic (exact) mass is 150 g/mol. The van der Waals surface area contributed by atoms with Crippen LogP contribution in [0.2, 0.25) is 0 Å². The highest BCUT2D eigenvalue weighted by molar-refractivity contribution is 5.75. The molecule has 2 unspecified atom stereocenters. The van der Waals surface area contributed by atoms with E-state index in [-0.39, 0.29) is 6.42 Å². The van der Waals surface area contributed by atoms with Crippen LogP contribution in [0.1, 0.15) is 13.3 Å². The van der Waals surface area contributed by atoms with E-state index in [1.807, 2.05) is 0 Å². The number of alkyl halides is 2. The van der Waals surface area contributed by atoms with Gasteiger partial charge in [-0.1, -0.05) is 6.92 Å². The van der Waals surface area contributed by atoms with E-state index in [2.05, 4.69) is 0 Å². The topological polar surface area (TPSA) is 37.3 Å². The quantitative estimate of drug-likeness (QED) is 0.645. The average Bonchev–Trinajstić information content (AvgIpc) is 2.33. The highest BCUT2D eigenvalue weighted by Crippen LogP contribution is 2.56. The van der Waals surface area contributed by atoms with E-state index in [1.54, 1.807) is 6.92 Å². The molecule has 1 saturated carbocycles. The van der Waals surface area contributed by atoms with Crippen LogP contribution in [0.5, 0.6) is 0 Å². The maximum atomic E-state index is 12.3. The van der Waals surface area contributed by atoms with E-state index in [9.17, 15) is 13.6 Å². The fraction of sp³-hybridized carbons (Fsp3) is 0.833. The molecule has 0 spiro atoms. The Balaban J connectivity index is 2.61. The van der Waals surface area contributed by atoms with Crippen molar-refractivity contribution < 1.29 is 18.7 Å². The van der Waals surface area contributed by atoms with Crippen molar-refractivity contribution in [1.29, 1.82) is 0 Å². The maximum Gasteiger partial charge on any atom is 0.313 e. The first-order valence-electron chi connectivity index (χ1n) is 3.12. The zero-order valence-corrected chi connectivity index (χ0v) is 5.47. The van der Waals surface area contributed by atoms with Crippen molar-refractivity contribution in [3.05, 3.63) is 0 Å². The predicted octanol–water partition coefficient (Wildman–Crippen LogP) is 1.36. The number of halogens is 2. The summed E-state index contributed by atoms with van der Waals surface area (Å²) in [6.45, 7) is 1.57. The molecule has 0 aromatic rings. The summed E-state index contributed by atoms with van der Waals surface area (Å²) in [5, 5.41) is 8.21. The molecule has 10 heavy (non-hydrogen) atoms. The van der Waals surface area contributed by atoms with E-state index < -0.39 is 23.7 Å². The smallest absolute Gasteiger partial charge is 0.313 e. The van der Waals surface area contributed by atoms with E-state index in [0.29, 0.717) is 0 Å². The molecule has 0 aromatic carbocycles. The second-order valence-corrected chi connectivity index (χ2v) is 2.51. The van der Waals surface area contributed by atoms with Gasteiger partial charge in [0.25, 0.3) is 5.92 Å². The van der Waals surface area contributed by atoms with Crippen LogP contribution in [0.15, 0.2) is 0 Å². The summed E-state index contributed by atoms with van der Waals surface area (Å²) in [6, 6.07) is 0. The molecule has 0 heterocycles. The molecule has 0 saturated heterocycles. The van der Waals surface area contributed by atoms with Gasteiger partial charge >= 0.3 is 5.97 Å². The van der Waals surface area contributed by atoms with Crippen molar-refractivity contribution in [1.82, 2.24) is 0 Å². The molecule has 0 bridgehead atoms. The van der Waals surface area contributed by atoms with Gasteiger partial charge in [-0.05, 0) is 6.42 Å². The lowest BCUT2D eigenvalue weighted by Gasteiger charge is -1.87. The van der Waals surface area contributed by atoms with Crippen LogP contribution >= 0.6 is 0 Å². The molecule has 1 rings (SSSR count). The van der Waals surface area contributed by atoms with Crippen molar-refractivity contribution in [2.45, 2.75) is 19.3 Å². The molecule has 2 atom stereocenters. The molecule has 4 heteroatoms. The van der Waals surface area contributed by atoms with Crippen LogP contribution in [-0.4, -0.2) is 17.0 Å². The number of carbonyl (C=O) groups is 1. The van der Waals surface area contributed by atoms with Crippen LogP contribution < -0.4 is 0 Å². The van der Waals surface area contributed by atoms with Crippen molar-refractivity contribution in [3.8, 4) is 0 Å². The summed E-state index contributed by atoms with van der Waals surface area (Å²) in [7, 11) is 0. The first-order chi connectivity index (χ1) is 4.51. The lowest BCUT2D eigenvalue weighted by molar-refractivity contribution is -0.140. The van der Waals surface area contributed by atoms with E-state index in [4.69, 9.17) is 5.11 Å². The summed E-state index contributed by atoms with van der Waals surface area (Å²) in [5.74, 6) is -6.67. The molecule has 1 N–H and O–H groups in total. The second kappa shape index (κ2) is 1.90. The Morgan fingerprint density at radius 3 is 2.30 bits per heavy atom. The maximum absolute atomic E-state index is 12.3. The zero-order chi connectivity index (χ0) is 7.94. The molecule has 0 aromatic heterocycles. The lowest BCUT2D eigenvalue weighted by atomic mass is 10.2. The summed E-state index contributed by atoms with van der Waals surface area (Å²) in [4.78, 5) is 10.1. The highest BCUT2D eigenvalue weighted by atomic mass is 19.3. The number of carboxylic acid groups (broad SMARTS) is 1. The summed E-state index contributed by atoms with van der Waals surface area (Å²) in [5.41, 5.74) is 0. The highest BCUT2D eigenvalue weighted by Gasteiger charge is 2.71. The first kappa shape index (κ1) is 7.44. The Labute approximate surface area is 56.8 Å². The molecule has 0 aliphatic heterocycles. The van der Waals surface area contributed by atoms with Gasteiger partial charge < -0.3 is 5.11 Å². The third kappa shape index (κ3) is 0.786. The minimum atomic E-state index is -2.94. The van der Waals surface area contributed by atoms with Crippen LogP contribution in [0.3, 0.4) is 0 Å². The molecular weight excluding hydrogens is 142 g/mol. The van der Waals surface area contributed by atoms with E-state index in [0.717, 1.165) is 0 Å². The SMILES string of the molecule is CCC1C(C(=O)O)C1(F)F. The van der Waals surface area contributed by atoms with Gasteiger partial charge in [0.1, 0.15) is 5.92 Å². The largest absolute Gasteiger partial charge is 0.481 e. The fourth-order valence-corrected chi connectivity index (χ4v) is 1.23. The Hall–Kier alpha value is -0.670. The molecule has 58 valence electrons. The van der Waals surface area contributed by atoms with E-state index in [1.165, 1.54) is 0 Å². The zero-order valence-electron chi connectivity index (χ0n) is 5.47. The molecule has 1 fully saturated rings. The van der Waals surface area contributed by atoms with Crippen LogP contribution in [0.25, 0.3) is 0 Å². The minimum absolute atomic E-state index is 0.240. The standard InChI is InChI=1S/C6H8F2O2/c1-2-3-4(5(9)10)6(3,7)8/h3-4H,2H2,1H3,(H,9,10). The van der Waals surface area contributed by atoms with Crippen LogP contribution in [0, 0.1) is 11.8 Å². The van der Waals surface area contributed by atoms with Crippen LogP contribution in [-0.2, 0) is 4.79 Å². The Morgan fingerprint density at radius 1 is 1.70 bits per heavy atom. The Kier molecular flexibility index (Phi) is 1.42. The summed E-state index contributed by atoms with van der Waals surface area (Å²) in [6.07, 6.45) is 0.240. The van der Waals surface area contributed by atoms with E-state index >= 15 is 0 Å². The number of rotatable bonds is 2. The second-order valence-electron chi connectivity index (χ2n) is 2.51. The van der Waals surface area contributed by atoms with Gasteiger partial charge in [-0.15, -0.1) is 0 Å².